The summed E-state index contributed by atoms with van der Waals surface area (Å²) in [5.41, 5.74) is 1.10. The van der Waals surface area contributed by atoms with Gasteiger partial charge in [-0.3, -0.25) is 4.79 Å². The molecule has 0 fully saturated rings. The lowest BCUT2D eigenvalue weighted by atomic mass is 10.2. The van der Waals surface area contributed by atoms with Gasteiger partial charge in [-0.05, 0) is 42.5 Å². The van der Waals surface area contributed by atoms with E-state index in [9.17, 15) is 9.18 Å². The summed E-state index contributed by atoms with van der Waals surface area (Å²) >= 11 is 5.96. The highest BCUT2D eigenvalue weighted by molar-refractivity contribution is 6.30. The van der Waals surface area contributed by atoms with E-state index in [2.05, 4.69) is 15.6 Å². The number of para-hydroxylation sites is 1. The van der Waals surface area contributed by atoms with E-state index in [4.69, 9.17) is 11.6 Å². The van der Waals surface area contributed by atoms with E-state index in [1.165, 1.54) is 12.1 Å². The Morgan fingerprint density at radius 2 is 1.88 bits per heavy atom. The molecule has 0 saturated carbocycles. The Morgan fingerprint density at radius 1 is 1.04 bits per heavy atom. The molecule has 6 heteroatoms. The van der Waals surface area contributed by atoms with Crippen molar-refractivity contribution in [3.8, 4) is 0 Å². The number of rotatable bonds is 4. The predicted octanol–water partition coefficient (Wildman–Crippen LogP) is 4.87. The Kier molecular flexibility index (Phi) is 4.72. The second kappa shape index (κ2) is 7.10. The van der Waals surface area contributed by atoms with Crippen LogP contribution in [0.5, 0.6) is 0 Å². The molecule has 0 radical (unpaired) electrons. The van der Waals surface area contributed by atoms with E-state index in [0.29, 0.717) is 22.1 Å². The van der Waals surface area contributed by atoms with Gasteiger partial charge in [0.15, 0.2) is 0 Å². The van der Waals surface area contributed by atoms with Crippen molar-refractivity contribution in [2.24, 2.45) is 0 Å². The second-order valence-electron chi connectivity index (χ2n) is 4.97. The Balaban J connectivity index is 1.86. The third-order valence-electron chi connectivity index (χ3n) is 3.26. The topological polar surface area (TPSA) is 54.0 Å². The van der Waals surface area contributed by atoms with Gasteiger partial charge in [-0.2, -0.15) is 0 Å². The molecule has 0 bridgehead atoms. The number of hydrogen-bond acceptors (Lipinski definition) is 3. The van der Waals surface area contributed by atoms with Crippen LogP contribution >= 0.6 is 11.6 Å². The van der Waals surface area contributed by atoms with E-state index < -0.39 is 11.7 Å². The van der Waals surface area contributed by atoms with Gasteiger partial charge in [-0.25, -0.2) is 9.37 Å². The molecule has 0 aliphatic rings. The first-order valence-corrected chi connectivity index (χ1v) is 7.55. The van der Waals surface area contributed by atoms with Crippen molar-refractivity contribution in [1.29, 1.82) is 0 Å². The number of carbonyl (C=O) groups excluding carboxylic acids is 1. The number of carbonyl (C=O) groups is 1. The molecule has 1 heterocycles. The predicted molar refractivity (Wildman–Crippen MR) is 93.3 cm³/mol. The maximum absolute atomic E-state index is 13.7. The first-order chi connectivity index (χ1) is 11.6. The molecule has 120 valence electrons. The molecule has 3 aromatic rings. The van der Waals surface area contributed by atoms with Crippen molar-refractivity contribution in [3.63, 3.8) is 0 Å². The van der Waals surface area contributed by atoms with E-state index >= 15 is 0 Å². The van der Waals surface area contributed by atoms with E-state index in [1.54, 1.807) is 54.7 Å². The molecule has 3 rings (SSSR count). The SMILES string of the molecule is O=C(Nc1ccccc1F)c1cccnc1Nc1cccc(Cl)c1. The summed E-state index contributed by atoms with van der Waals surface area (Å²) in [4.78, 5) is 16.6. The minimum absolute atomic E-state index is 0.111. The highest BCUT2D eigenvalue weighted by Crippen LogP contribution is 2.22. The minimum atomic E-state index is -0.501. The Bertz CT molecular complexity index is 885. The van der Waals surface area contributed by atoms with Gasteiger partial charge in [-0.1, -0.05) is 29.8 Å². The van der Waals surface area contributed by atoms with Crippen molar-refractivity contribution in [3.05, 3.63) is 83.3 Å². The fourth-order valence-corrected chi connectivity index (χ4v) is 2.33. The summed E-state index contributed by atoms with van der Waals surface area (Å²) in [5, 5.41) is 6.15. The largest absolute Gasteiger partial charge is 0.340 e. The van der Waals surface area contributed by atoms with E-state index in [0.717, 1.165) is 0 Å². The van der Waals surface area contributed by atoms with Gasteiger partial charge in [0, 0.05) is 16.9 Å². The minimum Gasteiger partial charge on any atom is -0.340 e. The van der Waals surface area contributed by atoms with Gasteiger partial charge < -0.3 is 10.6 Å². The first kappa shape index (κ1) is 16.0. The van der Waals surface area contributed by atoms with Gasteiger partial charge in [0.25, 0.3) is 5.91 Å². The molecular formula is C18H13ClFN3O. The number of nitrogens with zero attached hydrogens (tertiary/aromatic N) is 1. The van der Waals surface area contributed by atoms with E-state index in [-0.39, 0.29) is 5.69 Å². The van der Waals surface area contributed by atoms with Gasteiger partial charge in [-0.15, -0.1) is 0 Å². The smallest absolute Gasteiger partial charge is 0.259 e. The number of nitrogens with one attached hydrogen (secondary N) is 2. The maximum Gasteiger partial charge on any atom is 0.259 e. The molecule has 0 unspecified atom stereocenters. The number of amides is 1. The Morgan fingerprint density at radius 3 is 2.67 bits per heavy atom. The summed E-state index contributed by atoms with van der Waals surface area (Å²) in [6.07, 6.45) is 1.56. The van der Waals surface area contributed by atoms with Crippen LogP contribution in [0, 0.1) is 5.82 Å². The zero-order valence-corrected chi connectivity index (χ0v) is 13.2. The molecule has 24 heavy (non-hydrogen) atoms. The van der Waals surface area contributed by atoms with Crippen LogP contribution in [0.25, 0.3) is 0 Å². The highest BCUT2D eigenvalue weighted by Gasteiger charge is 2.14. The molecule has 4 nitrogen and oxygen atoms in total. The number of halogens is 2. The van der Waals surface area contributed by atoms with Crippen LogP contribution in [0.4, 0.5) is 21.6 Å². The lowest BCUT2D eigenvalue weighted by Crippen LogP contribution is -2.15. The number of aromatic nitrogens is 1. The van der Waals surface area contributed by atoms with Gasteiger partial charge in [0.05, 0.1) is 11.3 Å². The van der Waals surface area contributed by atoms with Crippen molar-refractivity contribution >= 4 is 34.7 Å². The average molecular weight is 342 g/mol. The molecule has 2 N–H and O–H groups in total. The Labute approximate surface area is 143 Å². The molecule has 1 aromatic heterocycles. The molecular weight excluding hydrogens is 329 g/mol. The van der Waals surface area contributed by atoms with Crippen LogP contribution in [0.15, 0.2) is 66.9 Å². The number of anilines is 3. The van der Waals surface area contributed by atoms with Crippen LogP contribution in [-0.2, 0) is 0 Å². The van der Waals surface area contributed by atoms with Gasteiger partial charge in [0.1, 0.15) is 11.6 Å². The Hall–Kier alpha value is -2.92. The van der Waals surface area contributed by atoms with Crippen LogP contribution in [0.2, 0.25) is 5.02 Å². The molecule has 0 aliphatic carbocycles. The maximum atomic E-state index is 13.7. The average Bonchev–Trinajstić information content (AvgIpc) is 2.57. The molecule has 2 aromatic carbocycles. The lowest BCUT2D eigenvalue weighted by Gasteiger charge is -2.11. The molecule has 1 amide bonds. The van der Waals surface area contributed by atoms with Crippen molar-refractivity contribution in [2.75, 3.05) is 10.6 Å². The zero-order valence-electron chi connectivity index (χ0n) is 12.5. The van der Waals surface area contributed by atoms with Crippen LogP contribution < -0.4 is 10.6 Å². The number of benzene rings is 2. The third kappa shape index (κ3) is 3.70. The summed E-state index contributed by atoms with van der Waals surface area (Å²) in [6, 6.07) is 16.3. The summed E-state index contributed by atoms with van der Waals surface area (Å²) < 4.78 is 13.7. The van der Waals surface area contributed by atoms with Crippen molar-refractivity contribution in [1.82, 2.24) is 4.98 Å². The van der Waals surface area contributed by atoms with Gasteiger partial charge in [0.2, 0.25) is 0 Å². The second-order valence-corrected chi connectivity index (χ2v) is 5.41. The monoisotopic (exact) mass is 341 g/mol. The first-order valence-electron chi connectivity index (χ1n) is 7.17. The van der Waals surface area contributed by atoms with Crippen LogP contribution in [0.1, 0.15) is 10.4 Å². The zero-order chi connectivity index (χ0) is 16.9. The van der Waals surface area contributed by atoms with E-state index in [1.807, 2.05) is 0 Å². The number of hydrogen-bond donors (Lipinski definition) is 2. The van der Waals surface area contributed by atoms with Gasteiger partial charge >= 0.3 is 0 Å². The summed E-state index contributed by atoms with van der Waals surface area (Å²) in [6.45, 7) is 0. The quantitative estimate of drug-likeness (QED) is 0.711. The normalized spacial score (nSPS) is 10.2. The highest BCUT2D eigenvalue weighted by atomic mass is 35.5. The van der Waals surface area contributed by atoms with Crippen molar-refractivity contribution < 1.29 is 9.18 Å². The third-order valence-corrected chi connectivity index (χ3v) is 3.50. The summed E-state index contributed by atoms with van der Waals surface area (Å²) in [7, 11) is 0. The molecule has 0 aliphatic heterocycles. The fourth-order valence-electron chi connectivity index (χ4n) is 2.14. The van der Waals surface area contributed by atoms with Crippen molar-refractivity contribution in [2.45, 2.75) is 0 Å². The van der Waals surface area contributed by atoms with Crippen LogP contribution in [-0.4, -0.2) is 10.9 Å². The summed E-state index contributed by atoms with van der Waals surface area (Å²) in [5.74, 6) is -0.606. The standard InChI is InChI=1S/C18H13ClFN3O/c19-12-5-3-6-13(11-12)22-17-14(7-4-10-21-17)18(24)23-16-9-2-1-8-15(16)20/h1-11H,(H,21,22)(H,23,24). The molecule has 0 spiro atoms. The lowest BCUT2D eigenvalue weighted by molar-refractivity contribution is 0.102. The molecule has 0 atom stereocenters. The fraction of sp³-hybridized carbons (Fsp3) is 0. The van der Waals surface area contributed by atoms with Crippen LogP contribution in [0.3, 0.4) is 0 Å². The molecule has 0 saturated heterocycles. The number of pyridine rings is 1.